The fourth-order valence-corrected chi connectivity index (χ4v) is 3.98. The van der Waals surface area contributed by atoms with Gasteiger partial charge in [-0.05, 0) is 60.7 Å². The largest absolute Gasteiger partial charge is 0.484 e. The molecule has 6 nitrogen and oxygen atoms in total. The molecule has 0 spiro atoms. The van der Waals surface area contributed by atoms with Gasteiger partial charge in [0, 0.05) is 10.7 Å². The summed E-state index contributed by atoms with van der Waals surface area (Å²) in [7, 11) is -3.89. The van der Waals surface area contributed by atoms with E-state index in [1.807, 2.05) is 0 Å². The summed E-state index contributed by atoms with van der Waals surface area (Å²) in [6.07, 6.45) is 0. The topological polar surface area (TPSA) is 84.5 Å². The molecule has 0 aromatic heterocycles. The third-order valence-corrected chi connectivity index (χ3v) is 6.28. The number of halogens is 3. The number of amides is 1. The summed E-state index contributed by atoms with van der Waals surface area (Å²) in [6.45, 7) is -0.212. The minimum absolute atomic E-state index is 0.00560. The van der Waals surface area contributed by atoms with Gasteiger partial charge in [0.2, 0.25) is 0 Å². The summed E-state index contributed by atoms with van der Waals surface area (Å²) in [5.41, 5.74) is 0.584. The molecule has 30 heavy (non-hydrogen) atoms. The lowest BCUT2D eigenvalue weighted by Gasteiger charge is -2.11. The maximum Gasteiger partial charge on any atom is 0.262 e. The maximum atomic E-state index is 12.6. The van der Waals surface area contributed by atoms with Crippen LogP contribution in [0.2, 0.25) is 15.1 Å². The van der Waals surface area contributed by atoms with Crippen LogP contribution in [-0.4, -0.2) is 20.9 Å². The zero-order valence-corrected chi connectivity index (χ0v) is 18.3. The van der Waals surface area contributed by atoms with Crippen molar-refractivity contribution in [2.75, 3.05) is 16.6 Å². The first-order valence-electron chi connectivity index (χ1n) is 8.50. The molecule has 0 fully saturated rings. The van der Waals surface area contributed by atoms with Crippen molar-refractivity contribution >= 4 is 62.1 Å². The monoisotopic (exact) mass is 484 g/mol. The Morgan fingerprint density at radius 1 is 0.900 bits per heavy atom. The molecule has 156 valence electrons. The molecular formula is C20H15Cl3N2O4S. The van der Waals surface area contributed by atoms with E-state index in [-0.39, 0.29) is 27.2 Å². The number of hydrogen-bond acceptors (Lipinski definition) is 4. The smallest absolute Gasteiger partial charge is 0.262 e. The number of nitrogens with one attached hydrogen (secondary N) is 2. The van der Waals surface area contributed by atoms with Crippen LogP contribution in [0.3, 0.4) is 0 Å². The predicted molar refractivity (Wildman–Crippen MR) is 119 cm³/mol. The van der Waals surface area contributed by atoms with E-state index >= 15 is 0 Å². The second kappa shape index (κ2) is 9.57. The third-order valence-electron chi connectivity index (χ3n) is 3.83. The summed E-state index contributed by atoms with van der Waals surface area (Å²) in [6, 6.07) is 16.9. The zero-order chi connectivity index (χ0) is 21.7. The summed E-state index contributed by atoms with van der Waals surface area (Å²) in [5.74, 6) is 0.103. The van der Waals surface area contributed by atoms with Gasteiger partial charge < -0.3 is 10.1 Å². The summed E-state index contributed by atoms with van der Waals surface area (Å²) in [5, 5.41) is 3.52. The van der Waals surface area contributed by atoms with E-state index in [1.165, 1.54) is 30.3 Å². The highest BCUT2D eigenvalue weighted by atomic mass is 35.5. The molecular weight excluding hydrogens is 471 g/mol. The predicted octanol–water partition coefficient (Wildman–Crippen LogP) is 5.47. The van der Waals surface area contributed by atoms with E-state index < -0.39 is 15.9 Å². The van der Waals surface area contributed by atoms with Gasteiger partial charge in [0.15, 0.2) is 6.61 Å². The Morgan fingerprint density at radius 2 is 1.57 bits per heavy atom. The molecule has 0 unspecified atom stereocenters. The van der Waals surface area contributed by atoms with E-state index in [0.717, 1.165) is 0 Å². The number of sulfonamides is 1. The molecule has 3 rings (SSSR count). The maximum absolute atomic E-state index is 12.6. The average molecular weight is 486 g/mol. The average Bonchev–Trinajstić information content (AvgIpc) is 2.71. The highest BCUT2D eigenvalue weighted by Gasteiger charge is 2.17. The van der Waals surface area contributed by atoms with Crippen LogP contribution in [0.25, 0.3) is 0 Å². The van der Waals surface area contributed by atoms with E-state index in [0.29, 0.717) is 16.5 Å². The van der Waals surface area contributed by atoms with Gasteiger partial charge in [0.25, 0.3) is 15.9 Å². The highest BCUT2D eigenvalue weighted by Crippen LogP contribution is 2.31. The fourth-order valence-electron chi connectivity index (χ4n) is 2.38. The first-order chi connectivity index (χ1) is 14.2. The minimum Gasteiger partial charge on any atom is -0.484 e. The molecule has 0 bridgehead atoms. The summed E-state index contributed by atoms with van der Waals surface area (Å²) in [4.78, 5) is 12.0. The number of benzene rings is 3. The van der Waals surface area contributed by atoms with Crippen molar-refractivity contribution in [2.24, 2.45) is 0 Å². The fraction of sp³-hybridized carbons (Fsp3) is 0.0500. The van der Waals surface area contributed by atoms with Crippen LogP contribution in [0.1, 0.15) is 0 Å². The molecule has 3 aromatic carbocycles. The first-order valence-corrected chi connectivity index (χ1v) is 11.1. The van der Waals surface area contributed by atoms with Crippen molar-refractivity contribution in [1.29, 1.82) is 0 Å². The van der Waals surface area contributed by atoms with E-state index in [2.05, 4.69) is 10.0 Å². The van der Waals surface area contributed by atoms with Gasteiger partial charge in [-0.1, -0.05) is 40.9 Å². The Kier molecular flexibility index (Phi) is 7.10. The number of rotatable bonds is 7. The van der Waals surface area contributed by atoms with Gasteiger partial charge in [-0.25, -0.2) is 8.42 Å². The molecule has 2 N–H and O–H groups in total. The number of carbonyl (C=O) groups excluding carboxylic acids is 1. The van der Waals surface area contributed by atoms with Crippen LogP contribution >= 0.6 is 34.8 Å². The van der Waals surface area contributed by atoms with Crippen molar-refractivity contribution in [1.82, 2.24) is 0 Å². The molecule has 0 heterocycles. The van der Waals surface area contributed by atoms with Gasteiger partial charge in [0.05, 0.1) is 20.6 Å². The van der Waals surface area contributed by atoms with Crippen LogP contribution in [0.4, 0.5) is 11.4 Å². The Labute approximate surface area is 188 Å². The Bertz CT molecular complexity index is 1150. The van der Waals surface area contributed by atoms with Gasteiger partial charge in [-0.3, -0.25) is 9.52 Å². The van der Waals surface area contributed by atoms with Crippen LogP contribution in [0.15, 0.2) is 71.6 Å². The SMILES string of the molecule is O=C(COc1ccc(Cl)cc1)Nc1ccc(S(=O)(=O)Nc2cccc(Cl)c2Cl)cc1. The van der Waals surface area contributed by atoms with Crippen molar-refractivity contribution in [3.8, 4) is 5.75 Å². The molecule has 3 aromatic rings. The molecule has 10 heteroatoms. The van der Waals surface area contributed by atoms with Crippen molar-refractivity contribution < 1.29 is 17.9 Å². The van der Waals surface area contributed by atoms with Crippen molar-refractivity contribution in [2.45, 2.75) is 4.90 Å². The van der Waals surface area contributed by atoms with Crippen LogP contribution in [0, 0.1) is 0 Å². The summed E-state index contributed by atoms with van der Waals surface area (Å²) >= 11 is 17.7. The quantitative estimate of drug-likeness (QED) is 0.465. The Hall–Kier alpha value is -2.45. The number of ether oxygens (including phenoxy) is 1. The van der Waals surface area contributed by atoms with Crippen molar-refractivity contribution in [3.63, 3.8) is 0 Å². The number of hydrogen-bond donors (Lipinski definition) is 2. The Morgan fingerprint density at radius 3 is 2.23 bits per heavy atom. The van der Waals surface area contributed by atoms with Crippen LogP contribution in [-0.2, 0) is 14.8 Å². The van der Waals surface area contributed by atoms with E-state index in [9.17, 15) is 13.2 Å². The first kappa shape index (κ1) is 22.2. The second-order valence-corrected chi connectivity index (χ2v) is 8.93. The number of carbonyl (C=O) groups is 1. The molecule has 0 aliphatic rings. The van der Waals surface area contributed by atoms with Crippen LogP contribution < -0.4 is 14.8 Å². The second-order valence-electron chi connectivity index (χ2n) is 6.02. The standard InChI is InChI=1S/C20H15Cl3N2O4S/c21-13-4-8-15(9-5-13)29-12-19(26)24-14-6-10-16(11-7-14)30(27,28)25-18-3-1-2-17(22)20(18)23/h1-11,25H,12H2,(H,24,26). The minimum atomic E-state index is -3.89. The van der Waals surface area contributed by atoms with Crippen LogP contribution in [0.5, 0.6) is 5.75 Å². The zero-order valence-electron chi connectivity index (χ0n) is 15.2. The molecule has 1 amide bonds. The molecule has 0 aliphatic carbocycles. The summed E-state index contributed by atoms with van der Waals surface area (Å²) < 4.78 is 32.9. The lowest BCUT2D eigenvalue weighted by Crippen LogP contribution is -2.20. The lowest BCUT2D eigenvalue weighted by atomic mass is 10.3. The Balaban J connectivity index is 1.61. The molecule has 0 radical (unpaired) electrons. The third kappa shape index (κ3) is 5.79. The van der Waals surface area contributed by atoms with E-state index in [1.54, 1.807) is 36.4 Å². The molecule has 0 atom stereocenters. The number of anilines is 2. The van der Waals surface area contributed by atoms with E-state index in [4.69, 9.17) is 39.5 Å². The normalized spacial score (nSPS) is 11.0. The van der Waals surface area contributed by atoms with Gasteiger partial charge >= 0.3 is 0 Å². The molecule has 0 aliphatic heterocycles. The van der Waals surface area contributed by atoms with Gasteiger partial charge in [-0.15, -0.1) is 0 Å². The van der Waals surface area contributed by atoms with Gasteiger partial charge in [-0.2, -0.15) is 0 Å². The van der Waals surface area contributed by atoms with Crippen molar-refractivity contribution in [3.05, 3.63) is 81.8 Å². The highest BCUT2D eigenvalue weighted by molar-refractivity contribution is 7.92. The van der Waals surface area contributed by atoms with Gasteiger partial charge in [0.1, 0.15) is 5.75 Å². The molecule has 0 saturated heterocycles. The molecule has 0 saturated carbocycles. The lowest BCUT2D eigenvalue weighted by molar-refractivity contribution is -0.118.